The highest BCUT2D eigenvalue weighted by molar-refractivity contribution is 7.48. The van der Waals surface area contributed by atoms with Crippen LogP contribution in [0.25, 0.3) is 0 Å². The molecular formula is C9H13NO5P-. The summed E-state index contributed by atoms with van der Waals surface area (Å²) in [4.78, 5) is 21.6. The summed E-state index contributed by atoms with van der Waals surface area (Å²) in [5.74, 6) is -0.500. The van der Waals surface area contributed by atoms with E-state index >= 15 is 0 Å². The molecule has 0 saturated carbocycles. The molecule has 0 saturated heterocycles. The zero-order chi connectivity index (χ0) is 12.3. The average Bonchev–Trinajstić information content (AvgIpc) is 2.25. The average molecular weight is 246 g/mol. The summed E-state index contributed by atoms with van der Waals surface area (Å²) in [5, 5.41) is 0. The lowest BCUT2D eigenvalue weighted by Gasteiger charge is -2.32. The molecule has 0 spiro atoms. The minimum absolute atomic E-state index is 0.283. The highest BCUT2D eigenvalue weighted by Crippen LogP contribution is 2.40. The Labute approximate surface area is 93.1 Å². The van der Waals surface area contributed by atoms with Crippen LogP contribution in [-0.4, -0.2) is 14.2 Å². The molecule has 0 radical (unpaired) electrons. The molecule has 0 aliphatic rings. The fraction of sp³-hybridized carbons (Fsp3) is 0.333. The Morgan fingerprint density at radius 1 is 1.25 bits per heavy atom. The van der Waals surface area contributed by atoms with Crippen LogP contribution in [0.3, 0.4) is 0 Å². The molecule has 0 aromatic heterocycles. The van der Waals surface area contributed by atoms with Crippen LogP contribution in [0.15, 0.2) is 18.2 Å². The summed E-state index contributed by atoms with van der Waals surface area (Å²) in [6, 6.07) is 4.43. The van der Waals surface area contributed by atoms with Gasteiger partial charge in [0.2, 0.25) is 0 Å². The van der Waals surface area contributed by atoms with E-state index in [1.807, 2.05) is 0 Å². The van der Waals surface area contributed by atoms with Gasteiger partial charge in [-0.1, -0.05) is 0 Å². The van der Waals surface area contributed by atoms with E-state index in [2.05, 4.69) is 5.73 Å². The summed E-state index contributed by atoms with van der Waals surface area (Å²) in [6.45, 7) is 0. The van der Waals surface area contributed by atoms with Gasteiger partial charge < -0.3 is 29.6 Å². The minimum Gasteiger partial charge on any atom is -0.806 e. The quantitative estimate of drug-likeness (QED) is 0.675. The molecule has 0 amide bonds. The van der Waals surface area contributed by atoms with E-state index in [4.69, 9.17) is 9.47 Å². The van der Waals surface area contributed by atoms with Crippen LogP contribution in [0.1, 0.15) is 11.3 Å². The zero-order valence-corrected chi connectivity index (χ0v) is 9.90. The number of ether oxygens (including phenoxy) is 2. The first kappa shape index (κ1) is 13.0. The molecule has 1 atom stereocenters. The van der Waals surface area contributed by atoms with Crippen LogP contribution < -0.4 is 25.0 Å². The lowest BCUT2D eigenvalue weighted by atomic mass is 10.2. The number of rotatable bonds is 4. The molecular weight excluding hydrogens is 233 g/mol. The van der Waals surface area contributed by atoms with Crippen LogP contribution in [-0.2, 0) is 4.57 Å². The molecule has 0 fully saturated rings. The van der Waals surface area contributed by atoms with Crippen LogP contribution in [0.5, 0.6) is 11.5 Å². The van der Waals surface area contributed by atoms with E-state index in [0.717, 1.165) is 0 Å². The molecule has 0 bridgehead atoms. The smallest absolute Gasteiger partial charge is 0.161 e. The van der Waals surface area contributed by atoms with Gasteiger partial charge in [-0.2, -0.15) is 0 Å². The Kier molecular flexibility index (Phi) is 3.93. The number of benzene rings is 1. The van der Waals surface area contributed by atoms with Crippen LogP contribution in [0, 0.1) is 0 Å². The summed E-state index contributed by atoms with van der Waals surface area (Å²) < 4.78 is 20.8. The Morgan fingerprint density at radius 3 is 2.25 bits per heavy atom. The third kappa shape index (κ3) is 2.74. The second-order valence-electron chi connectivity index (χ2n) is 3.17. The Hall–Kier alpha value is -1.07. The van der Waals surface area contributed by atoms with Crippen molar-refractivity contribution in [3.8, 4) is 11.5 Å². The maximum Gasteiger partial charge on any atom is 0.161 e. The molecule has 0 unspecified atom stereocenters. The molecule has 0 aliphatic heterocycles. The molecule has 3 N–H and O–H groups in total. The molecule has 7 heteroatoms. The molecule has 1 rings (SSSR count). The van der Waals surface area contributed by atoms with Gasteiger partial charge in [-0.15, -0.1) is 0 Å². The fourth-order valence-corrected chi connectivity index (χ4v) is 1.77. The predicted molar refractivity (Wildman–Crippen MR) is 52.8 cm³/mol. The molecule has 0 aliphatic carbocycles. The molecule has 0 heterocycles. The zero-order valence-electron chi connectivity index (χ0n) is 9.00. The van der Waals surface area contributed by atoms with Gasteiger partial charge in [0.1, 0.15) is 5.78 Å². The highest BCUT2D eigenvalue weighted by Gasteiger charge is 2.16. The van der Waals surface area contributed by atoms with Crippen molar-refractivity contribution in [1.29, 1.82) is 0 Å². The Balaban J connectivity index is 3.13. The summed E-state index contributed by atoms with van der Waals surface area (Å²) in [7, 11) is -1.85. The van der Waals surface area contributed by atoms with E-state index in [9.17, 15) is 14.4 Å². The third-order valence-corrected chi connectivity index (χ3v) is 3.24. The van der Waals surface area contributed by atoms with Crippen LogP contribution in [0.2, 0.25) is 0 Å². The standard InChI is InChI=1S/C9H14NO5P/c1-14-7-4-3-6(5-8(7)15-2)9(10)16(11,12)13/h3-5,9H,10H2,1-2H3,(H2,11,12,13)/p-1/t9-/m1/s1. The van der Waals surface area contributed by atoms with Crippen molar-refractivity contribution in [3.63, 3.8) is 0 Å². The van der Waals surface area contributed by atoms with Crippen molar-refractivity contribution in [2.24, 2.45) is 0 Å². The van der Waals surface area contributed by atoms with Crippen LogP contribution >= 0.6 is 7.60 Å². The lowest BCUT2D eigenvalue weighted by Crippen LogP contribution is -2.56. The molecule has 16 heavy (non-hydrogen) atoms. The van der Waals surface area contributed by atoms with Gasteiger partial charge in [0.05, 0.1) is 14.2 Å². The summed E-state index contributed by atoms with van der Waals surface area (Å²) >= 11 is 0. The van der Waals surface area contributed by atoms with Crippen molar-refractivity contribution < 1.29 is 29.6 Å². The fourth-order valence-electron chi connectivity index (χ4n) is 1.24. The van der Waals surface area contributed by atoms with Crippen molar-refractivity contribution in [3.05, 3.63) is 23.8 Å². The monoisotopic (exact) mass is 246 g/mol. The van der Waals surface area contributed by atoms with Crippen molar-refractivity contribution >= 4 is 7.60 Å². The van der Waals surface area contributed by atoms with Crippen molar-refractivity contribution in [2.45, 2.75) is 5.78 Å². The normalized spacial score (nSPS) is 13.3. The number of quaternary nitrogens is 1. The van der Waals surface area contributed by atoms with E-state index in [1.165, 1.54) is 32.4 Å². The number of hydrogen-bond donors (Lipinski definition) is 1. The van der Waals surface area contributed by atoms with Gasteiger partial charge in [-0.25, -0.2) is 0 Å². The minimum atomic E-state index is -4.74. The summed E-state index contributed by atoms with van der Waals surface area (Å²) in [6.07, 6.45) is 0. The van der Waals surface area contributed by atoms with Crippen LogP contribution in [0.4, 0.5) is 0 Å². The number of methoxy groups -OCH3 is 2. The highest BCUT2D eigenvalue weighted by atomic mass is 31.2. The maximum atomic E-state index is 10.8. The largest absolute Gasteiger partial charge is 0.806 e. The second-order valence-corrected chi connectivity index (χ2v) is 4.87. The first-order valence-corrected chi connectivity index (χ1v) is 6.08. The Bertz CT molecular complexity index is 416. The first-order valence-electron chi connectivity index (χ1n) is 4.47. The predicted octanol–water partition coefficient (Wildman–Crippen LogP) is -1.14. The molecule has 1 aromatic carbocycles. The van der Waals surface area contributed by atoms with Gasteiger partial charge in [-0.3, -0.25) is 0 Å². The third-order valence-electron chi connectivity index (χ3n) is 2.17. The Morgan fingerprint density at radius 2 is 1.81 bits per heavy atom. The van der Waals surface area contributed by atoms with Gasteiger partial charge >= 0.3 is 0 Å². The SMILES string of the molecule is COc1ccc([C@H]([NH3+])P(=O)([O-])[O-])cc1OC. The lowest BCUT2D eigenvalue weighted by molar-refractivity contribution is -0.434. The van der Waals surface area contributed by atoms with Gasteiger partial charge in [0, 0.05) is 5.56 Å². The van der Waals surface area contributed by atoms with Gasteiger partial charge in [-0.05, 0) is 25.8 Å². The van der Waals surface area contributed by atoms with Crippen molar-refractivity contribution in [1.82, 2.24) is 0 Å². The number of hydrogen-bond acceptors (Lipinski definition) is 5. The maximum absolute atomic E-state index is 10.8. The molecule has 90 valence electrons. The van der Waals surface area contributed by atoms with Gasteiger partial charge in [0.15, 0.2) is 11.5 Å². The van der Waals surface area contributed by atoms with E-state index in [-0.39, 0.29) is 5.56 Å². The molecule has 6 nitrogen and oxygen atoms in total. The summed E-state index contributed by atoms with van der Waals surface area (Å²) in [5.41, 5.74) is 3.61. The van der Waals surface area contributed by atoms with Gasteiger partial charge in [0.25, 0.3) is 0 Å². The van der Waals surface area contributed by atoms with E-state index < -0.39 is 13.4 Å². The van der Waals surface area contributed by atoms with Crippen molar-refractivity contribution in [2.75, 3.05) is 14.2 Å². The first-order chi connectivity index (χ1) is 7.40. The van der Waals surface area contributed by atoms with E-state index in [0.29, 0.717) is 11.5 Å². The second kappa shape index (κ2) is 4.84. The molecule has 1 aromatic rings. The topological polar surface area (TPSA) is 109 Å². The van der Waals surface area contributed by atoms with E-state index in [1.54, 1.807) is 0 Å².